The monoisotopic (exact) mass is 280 g/mol. The molecule has 1 heterocycles. The molecule has 1 saturated heterocycles. The van der Waals surface area contributed by atoms with Crippen LogP contribution >= 0.6 is 11.8 Å². The van der Waals surface area contributed by atoms with Gasteiger partial charge in [0.2, 0.25) is 0 Å². The van der Waals surface area contributed by atoms with Crippen LogP contribution < -0.4 is 5.73 Å². The number of aliphatic carboxylic acids is 1. The summed E-state index contributed by atoms with van der Waals surface area (Å²) in [5.41, 5.74) is 6.69. The van der Waals surface area contributed by atoms with Crippen LogP contribution in [0.5, 0.6) is 0 Å². The van der Waals surface area contributed by atoms with Gasteiger partial charge in [-0.25, -0.2) is 0 Å². The average molecular weight is 280 g/mol. The first-order valence-corrected chi connectivity index (χ1v) is 7.20. The molecule has 19 heavy (non-hydrogen) atoms. The summed E-state index contributed by atoms with van der Waals surface area (Å²) in [7, 11) is 0. The van der Waals surface area contributed by atoms with Crippen molar-refractivity contribution in [2.45, 2.75) is 12.5 Å². The molecule has 2 rings (SSSR count). The number of nitrogens with zero attached hydrogens (tertiary/aromatic N) is 1. The third kappa shape index (κ3) is 3.20. The van der Waals surface area contributed by atoms with Crippen LogP contribution in [0.1, 0.15) is 16.8 Å². The lowest BCUT2D eigenvalue weighted by Gasteiger charge is -2.34. The maximum absolute atomic E-state index is 12.5. The molecule has 0 aromatic heterocycles. The van der Waals surface area contributed by atoms with Gasteiger partial charge in [-0.15, -0.1) is 0 Å². The van der Waals surface area contributed by atoms with Crippen molar-refractivity contribution in [3.05, 3.63) is 29.8 Å². The molecule has 0 bridgehead atoms. The van der Waals surface area contributed by atoms with Crippen LogP contribution in [0.25, 0.3) is 0 Å². The first-order valence-electron chi connectivity index (χ1n) is 6.04. The van der Waals surface area contributed by atoms with E-state index in [0.717, 1.165) is 5.75 Å². The van der Waals surface area contributed by atoms with E-state index in [-0.39, 0.29) is 18.4 Å². The average Bonchev–Trinajstić information content (AvgIpc) is 2.38. The van der Waals surface area contributed by atoms with Crippen molar-refractivity contribution >= 4 is 29.3 Å². The molecule has 1 unspecified atom stereocenters. The fraction of sp³-hybridized carbons (Fsp3) is 0.385. The van der Waals surface area contributed by atoms with Crippen molar-refractivity contribution < 1.29 is 14.7 Å². The number of amides is 1. The maximum atomic E-state index is 12.5. The second kappa shape index (κ2) is 5.97. The molecule has 1 amide bonds. The molecule has 3 N–H and O–H groups in total. The highest BCUT2D eigenvalue weighted by molar-refractivity contribution is 7.99. The normalized spacial score (nSPS) is 19.2. The van der Waals surface area contributed by atoms with Crippen LogP contribution in [-0.4, -0.2) is 46.0 Å². The van der Waals surface area contributed by atoms with Gasteiger partial charge >= 0.3 is 5.97 Å². The molecular formula is C13H16N2O3S. The highest BCUT2D eigenvalue weighted by Crippen LogP contribution is 2.23. The number of hydrogen-bond acceptors (Lipinski definition) is 4. The number of carbonyl (C=O) groups excluding carboxylic acids is 1. The molecule has 0 saturated carbocycles. The molecule has 1 fully saturated rings. The summed E-state index contributed by atoms with van der Waals surface area (Å²) in [6, 6.07) is 6.62. The molecule has 102 valence electrons. The third-order valence-corrected chi connectivity index (χ3v) is 4.18. The van der Waals surface area contributed by atoms with E-state index in [2.05, 4.69) is 0 Å². The smallest absolute Gasteiger partial charge is 0.305 e. The van der Waals surface area contributed by atoms with E-state index >= 15 is 0 Å². The lowest BCUT2D eigenvalue weighted by atomic mass is 10.1. The Bertz CT molecular complexity index is 493. The predicted molar refractivity (Wildman–Crippen MR) is 75.3 cm³/mol. The quantitative estimate of drug-likeness (QED) is 0.815. The van der Waals surface area contributed by atoms with Gasteiger partial charge in [-0.3, -0.25) is 9.59 Å². The van der Waals surface area contributed by atoms with Crippen molar-refractivity contribution in [2.24, 2.45) is 0 Å². The number of carboxylic acids is 1. The molecule has 1 aliphatic rings. The number of nitrogen functional groups attached to an aromatic ring is 1. The molecule has 6 heteroatoms. The number of benzene rings is 1. The molecule has 1 aromatic carbocycles. The van der Waals surface area contributed by atoms with Crippen molar-refractivity contribution in [1.29, 1.82) is 0 Å². The topological polar surface area (TPSA) is 83.6 Å². The fourth-order valence-corrected chi connectivity index (χ4v) is 3.20. The Balaban J connectivity index is 2.20. The molecule has 0 aliphatic carbocycles. The minimum Gasteiger partial charge on any atom is -0.481 e. The number of para-hydroxylation sites is 1. The van der Waals surface area contributed by atoms with Crippen molar-refractivity contribution in [1.82, 2.24) is 4.90 Å². The van der Waals surface area contributed by atoms with Gasteiger partial charge in [0.05, 0.1) is 18.0 Å². The van der Waals surface area contributed by atoms with Crippen molar-refractivity contribution in [3.8, 4) is 0 Å². The van der Waals surface area contributed by atoms with E-state index < -0.39 is 5.97 Å². The number of hydrogen-bond donors (Lipinski definition) is 2. The Kier molecular flexibility index (Phi) is 4.31. The summed E-state index contributed by atoms with van der Waals surface area (Å²) in [5, 5.41) is 8.92. The molecule has 0 spiro atoms. The standard InChI is InChI=1S/C13H16N2O3S/c14-11-4-2-1-3-10(11)13(18)15-5-6-19-8-9(15)7-12(16)17/h1-4,9H,5-8,14H2,(H,16,17). The maximum Gasteiger partial charge on any atom is 0.305 e. The molecular weight excluding hydrogens is 264 g/mol. The SMILES string of the molecule is Nc1ccccc1C(=O)N1CCSCC1CC(=O)O. The van der Waals surface area contributed by atoms with Crippen LogP contribution in [0, 0.1) is 0 Å². The fourth-order valence-electron chi connectivity index (χ4n) is 2.14. The van der Waals surface area contributed by atoms with Gasteiger partial charge in [0, 0.05) is 23.7 Å². The number of nitrogens with two attached hydrogens (primary N) is 1. The number of thioether (sulfide) groups is 1. The van der Waals surface area contributed by atoms with E-state index in [0.29, 0.717) is 23.5 Å². The summed E-state index contributed by atoms with van der Waals surface area (Å²) in [6.45, 7) is 0.565. The number of rotatable bonds is 3. The van der Waals surface area contributed by atoms with Gasteiger partial charge in [0.1, 0.15) is 0 Å². The zero-order valence-electron chi connectivity index (χ0n) is 10.4. The Labute approximate surface area is 115 Å². The van der Waals surface area contributed by atoms with Gasteiger partial charge in [-0.2, -0.15) is 11.8 Å². The molecule has 5 nitrogen and oxygen atoms in total. The second-order valence-electron chi connectivity index (χ2n) is 4.41. The zero-order valence-corrected chi connectivity index (χ0v) is 11.2. The van der Waals surface area contributed by atoms with E-state index in [4.69, 9.17) is 10.8 Å². The van der Waals surface area contributed by atoms with E-state index in [1.54, 1.807) is 40.9 Å². The Morgan fingerprint density at radius 2 is 2.16 bits per heavy atom. The number of carbonyl (C=O) groups is 2. The van der Waals surface area contributed by atoms with Gasteiger partial charge in [0.15, 0.2) is 0 Å². The molecule has 0 radical (unpaired) electrons. The van der Waals surface area contributed by atoms with Gasteiger partial charge in [-0.05, 0) is 12.1 Å². The van der Waals surface area contributed by atoms with E-state index in [9.17, 15) is 9.59 Å². The van der Waals surface area contributed by atoms with Crippen molar-refractivity contribution in [3.63, 3.8) is 0 Å². The first kappa shape index (κ1) is 13.7. The lowest BCUT2D eigenvalue weighted by Crippen LogP contribution is -2.47. The van der Waals surface area contributed by atoms with Crippen LogP contribution in [-0.2, 0) is 4.79 Å². The van der Waals surface area contributed by atoms with Gasteiger partial charge in [0.25, 0.3) is 5.91 Å². The minimum atomic E-state index is -0.883. The number of carboxylic acid groups (broad SMARTS) is 1. The summed E-state index contributed by atoms with van der Waals surface area (Å²) >= 11 is 1.68. The second-order valence-corrected chi connectivity index (χ2v) is 5.56. The number of anilines is 1. The molecule has 1 aromatic rings. The summed E-state index contributed by atoms with van der Waals surface area (Å²) in [4.78, 5) is 25.0. The van der Waals surface area contributed by atoms with Gasteiger partial charge < -0.3 is 15.7 Å². The molecule has 1 aliphatic heterocycles. The molecule has 1 atom stereocenters. The highest BCUT2D eigenvalue weighted by Gasteiger charge is 2.30. The van der Waals surface area contributed by atoms with E-state index in [1.165, 1.54) is 0 Å². The largest absolute Gasteiger partial charge is 0.481 e. The van der Waals surface area contributed by atoms with Crippen molar-refractivity contribution in [2.75, 3.05) is 23.8 Å². The van der Waals surface area contributed by atoms with E-state index in [1.807, 2.05) is 0 Å². The lowest BCUT2D eigenvalue weighted by molar-refractivity contribution is -0.138. The zero-order chi connectivity index (χ0) is 13.8. The Morgan fingerprint density at radius 3 is 2.84 bits per heavy atom. The third-order valence-electron chi connectivity index (χ3n) is 3.09. The van der Waals surface area contributed by atoms with Crippen LogP contribution in [0.3, 0.4) is 0 Å². The Hall–Kier alpha value is -1.69. The minimum absolute atomic E-state index is 0.0223. The summed E-state index contributed by atoms with van der Waals surface area (Å²) in [6.07, 6.45) is -0.0223. The van der Waals surface area contributed by atoms with Crippen LogP contribution in [0.2, 0.25) is 0 Å². The Morgan fingerprint density at radius 1 is 1.42 bits per heavy atom. The highest BCUT2D eigenvalue weighted by atomic mass is 32.2. The van der Waals surface area contributed by atoms with Crippen LogP contribution in [0.15, 0.2) is 24.3 Å². The first-order chi connectivity index (χ1) is 9.09. The summed E-state index contributed by atoms with van der Waals surface area (Å²) < 4.78 is 0. The summed E-state index contributed by atoms with van der Waals surface area (Å²) in [5.74, 6) is 0.426. The van der Waals surface area contributed by atoms with Crippen LogP contribution in [0.4, 0.5) is 5.69 Å². The predicted octanol–water partition coefficient (Wildman–Crippen LogP) is 1.30. The van der Waals surface area contributed by atoms with Gasteiger partial charge in [-0.1, -0.05) is 12.1 Å².